The Morgan fingerprint density at radius 1 is 1.03 bits per heavy atom. The number of anilines is 1. The van der Waals surface area contributed by atoms with E-state index in [1.165, 1.54) is 16.7 Å². The summed E-state index contributed by atoms with van der Waals surface area (Å²) in [6.45, 7) is 1.81. The lowest BCUT2D eigenvalue weighted by atomic mass is 10.2. The third-order valence-corrected chi connectivity index (χ3v) is 6.76. The second kappa shape index (κ2) is 7.78. The Labute approximate surface area is 185 Å². The fourth-order valence-electron chi connectivity index (χ4n) is 3.21. The Bertz CT molecular complexity index is 1230. The van der Waals surface area contributed by atoms with E-state index in [1.807, 2.05) is 61.5 Å². The lowest BCUT2D eigenvalue weighted by Crippen LogP contribution is -2.33. The molecule has 0 aliphatic carbocycles. The first kappa shape index (κ1) is 19.9. The highest BCUT2D eigenvalue weighted by molar-refractivity contribution is 9.10. The number of para-hydroxylation sites is 1. The molecule has 8 heteroatoms. The summed E-state index contributed by atoms with van der Waals surface area (Å²) in [6, 6.07) is 16.9. The SMILES string of the molecule is Cc1c(N2C(=O)/C(=C\c3ccccc3Br)SC2=S)c(=O)n(-c2ccccc2)n1C. The first-order chi connectivity index (χ1) is 13.9. The van der Waals surface area contributed by atoms with Crippen molar-refractivity contribution in [3.63, 3.8) is 0 Å². The van der Waals surface area contributed by atoms with Crippen LogP contribution in [0.5, 0.6) is 0 Å². The van der Waals surface area contributed by atoms with E-state index in [-0.39, 0.29) is 17.2 Å². The quantitative estimate of drug-likeness (QED) is 0.400. The maximum atomic E-state index is 13.3. The van der Waals surface area contributed by atoms with Gasteiger partial charge in [-0.3, -0.25) is 19.2 Å². The topological polar surface area (TPSA) is 47.2 Å². The minimum absolute atomic E-state index is 0.283. The van der Waals surface area contributed by atoms with Crippen LogP contribution in [0.2, 0.25) is 0 Å². The monoisotopic (exact) mass is 485 g/mol. The van der Waals surface area contributed by atoms with Crippen LogP contribution in [0.15, 0.2) is 68.8 Å². The zero-order valence-corrected chi connectivity index (χ0v) is 18.8. The van der Waals surface area contributed by atoms with E-state index in [0.29, 0.717) is 14.9 Å². The highest BCUT2D eigenvalue weighted by Gasteiger charge is 2.37. The molecule has 1 saturated heterocycles. The molecule has 29 heavy (non-hydrogen) atoms. The van der Waals surface area contributed by atoms with Crippen molar-refractivity contribution in [2.24, 2.45) is 7.05 Å². The number of aromatic nitrogens is 2. The number of nitrogens with zero attached hydrogens (tertiary/aromatic N) is 3. The van der Waals surface area contributed by atoms with Gasteiger partial charge in [-0.1, -0.05) is 76.3 Å². The van der Waals surface area contributed by atoms with Gasteiger partial charge in [0, 0.05) is 11.5 Å². The molecule has 146 valence electrons. The molecular weight excluding hydrogens is 470 g/mol. The number of rotatable bonds is 3. The van der Waals surface area contributed by atoms with Crippen LogP contribution in [-0.4, -0.2) is 19.6 Å². The Kier molecular flexibility index (Phi) is 5.33. The average Bonchev–Trinajstić information content (AvgIpc) is 3.10. The molecule has 1 aliphatic heterocycles. The number of hydrogen-bond donors (Lipinski definition) is 0. The maximum absolute atomic E-state index is 13.3. The molecule has 0 atom stereocenters. The van der Waals surface area contributed by atoms with Crippen LogP contribution in [0.3, 0.4) is 0 Å². The van der Waals surface area contributed by atoms with E-state index in [1.54, 1.807) is 22.5 Å². The summed E-state index contributed by atoms with van der Waals surface area (Å²) in [5, 5.41) is 0. The predicted octanol–water partition coefficient (Wildman–Crippen LogP) is 4.65. The molecule has 0 N–H and O–H groups in total. The van der Waals surface area contributed by atoms with E-state index in [4.69, 9.17) is 12.2 Å². The summed E-state index contributed by atoms with van der Waals surface area (Å²) in [7, 11) is 1.79. The molecule has 5 nitrogen and oxygen atoms in total. The van der Waals surface area contributed by atoms with Crippen molar-refractivity contribution >= 4 is 61.9 Å². The van der Waals surface area contributed by atoms with Gasteiger partial charge in [-0.25, -0.2) is 4.68 Å². The Morgan fingerprint density at radius 2 is 1.69 bits per heavy atom. The maximum Gasteiger partial charge on any atom is 0.296 e. The summed E-state index contributed by atoms with van der Waals surface area (Å²) >= 11 is 10.2. The van der Waals surface area contributed by atoms with Crippen molar-refractivity contribution < 1.29 is 4.79 Å². The average molecular weight is 486 g/mol. The van der Waals surface area contributed by atoms with Gasteiger partial charge < -0.3 is 0 Å². The van der Waals surface area contributed by atoms with E-state index in [0.717, 1.165) is 15.7 Å². The number of thiocarbonyl (C=S) groups is 1. The smallest absolute Gasteiger partial charge is 0.283 e. The summed E-state index contributed by atoms with van der Waals surface area (Å²) in [6.07, 6.45) is 1.79. The third-order valence-electron chi connectivity index (χ3n) is 4.73. The number of thioether (sulfide) groups is 1. The van der Waals surface area contributed by atoms with Crippen LogP contribution in [-0.2, 0) is 11.8 Å². The fourth-order valence-corrected chi connectivity index (χ4v) is 4.87. The van der Waals surface area contributed by atoms with Crippen molar-refractivity contribution in [3.8, 4) is 5.69 Å². The molecule has 0 unspecified atom stereocenters. The summed E-state index contributed by atoms with van der Waals surface area (Å²) in [4.78, 5) is 28.3. The van der Waals surface area contributed by atoms with E-state index in [2.05, 4.69) is 15.9 Å². The van der Waals surface area contributed by atoms with Crippen LogP contribution < -0.4 is 10.5 Å². The molecule has 1 aliphatic rings. The largest absolute Gasteiger partial charge is 0.296 e. The number of hydrogen-bond acceptors (Lipinski definition) is 4. The normalized spacial score (nSPS) is 15.6. The van der Waals surface area contributed by atoms with Crippen molar-refractivity contribution in [1.82, 2.24) is 9.36 Å². The Morgan fingerprint density at radius 3 is 2.38 bits per heavy atom. The van der Waals surface area contributed by atoms with Crippen molar-refractivity contribution in [2.75, 3.05) is 4.90 Å². The lowest BCUT2D eigenvalue weighted by Gasteiger charge is -2.12. The first-order valence-electron chi connectivity index (χ1n) is 8.76. The van der Waals surface area contributed by atoms with Gasteiger partial charge in [0.1, 0.15) is 5.69 Å². The highest BCUT2D eigenvalue weighted by atomic mass is 79.9. The third kappa shape index (κ3) is 3.41. The number of halogens is 1. The lowest BCUT2D eigenvalue weighted by molar-refractivity contribution is -0.113. The molecule has 0 saturated carbocycles. The van der Waals surface area contributed by atoms with Gasteiger partial charge in [0.05, 0.1) is 16.3 Å². The van der Waals surface area contributed by atoms with Crippen LogP contribution in [0.1, 0.15) is 11.3 Å². The number of carbonyl (C=O) groups excluding carboxylic acids is 1. The molecule has 2 heterocycles. The van der Waals surface area contributed by atoms with Gasteiger partial charge in [0.15, 0.2) is 4.32 Å². The van der Waals surface area contributed by atoms with E-state index >= 15 is 0 Å². The first-order valence-corrected chi connectivity index (χ1v) is 10.8. The highest BCUT2D eigenvalue weighted by Crippen LogP contribution is 2.37. The van der Waals surface area contributed by atoms with Crippen molar-refractivity contribution in [3.05, 3.63) is 85.6 Å². The van der Waals surface area contributed by atoms with Crippen LogP contribution in [0, 0.1) is 6.92 Å². The summed E-state index contributed by atoms with van der Waals surface area (Å²) in [5.74, 6) is -0.290. The van der Waals surface area contributed by atoms with E-state index in [9.17, 15) is 9.59 Å². The van der Waals surface area contributed by atoms with Gasteiger partial charge in [0.25, 0.3) is 11.5 Å². The van der Waals surface area contributed by atoms with E-state index < -0.39 is 0 Å². The minimum Gasteiger partial charge on any atom is -0.283 e. The second-order valence-electron chi connectivity index (χ2n) is 6.45. The molecule has 2 aromatic carbocycles. The molecule has 0 spiro atoms. The van der Waals surface area contributed by atoms with Crippen LogP contribution in [0.4, 0.5) is 5.69 Å². The number of carbonyl (C=O) groups is 1. The van der Waals surface area contributed by atoms with Crippen molar-refractivity contribution in [1.29, 1.82) is 0 Å². The zero-order valence-electron chi connectivity index (χ0n) is 15.6. The Balaban J connectivity index is 1.80. The molecule has 1 aromatic heterocycles. The number of amides is 1. The molecule has 4 rings (SSSR count). The Hall–Kier alpha value is -2.42. The predicted molar refractivity (Wildman–Crippen MR) is 126 cm³/mol. The van der Waals surface area contributed by atoms with Crippen LogP contribution in [0.25, 0.3) is 11.8 Å². The summed E-state index contributed by atoms with van der Waals surface area (Å²) in [5.41, 5.74) is 2.27. The molecule has 1 fully saturated rings. The van der Waals surface area contributed by atoms with Crippen LogP contribution >= 0.6 is 39.9 Å². The molecule has 3 aromatic rings. The van der Waals surface area contributed by atoms with Gasteiger partial charge in [-0.15, -0.1) is 0 Å². The van der Waals surface area contributed by atoms with Gasteiger partial charge in [-0.2, -0.15) is 0 Å². The van der Waals surface area contributed by atoms with Gasteiger partial charge >= 0.3 is 0 Å². The fraction of sp³-hybridized carbons (Fsp3) is 0.0952. The van der Waals surface area contributed by atoms with Crippen molar-refractivity contribution in [2.45, 2.75) is 6.92 Å². The minimum atomic E-state index is -0.290. The number of benzene rings is 2. The van der Waals surface area contributed by atoms with Gasteiger partial charge in [0.2, 0.25) is 0 Å². The van der Waals surface area contributed by atoms with Gasteiger partial charge in [-0.05, 0) is 36.8 Å². The standard InChI is InChI=1S/C21H16BrN3O2S2/c1-13-18(20(27)25(23(13)2)15-9-4-3-5-10-15)24-19(26)17(29-21(24)28)12-14-8-6-7-11-16(14)22/h3-12H,1-2H3/b17-12+. The zero-order chi connectivity index (χ0) is 20.7. The summed E-state index contributed by atoms with van der Waals surface area (Å²) < 4.78 is 4.51. The molecule has 0 bridgehead atoms. The molecular formula is C21H16BrN3O2S2. The molecule has 1 amide bonds. The second-order valence-corrected chi connectivity index (χ2v) is 8.98. The molecule has 0 radical (unpaired) electrons.